The van der Waals surface area contributed by atoms with E-state index in [0.29, 0.717) is 0 Å². The number of para-hydroxylation sites is 2. The number of hydrogen-bond acceptors (Lipinski definition) is 2. The van der Waals surface area contributed by atoms with Crippen molar-refractivity contribution in [3.63, 3.8) is 0 Å². The van der Waals surface area contributed by atoms with Crippen LogP contribution >= 0.6 is 0 Å². The van der Waals surface area contributed by atoms with Gasteiger partial charge in [-0.3, -0.25) is 9.55 Å². The van der Waals surface area contributed by atoms with Gasteiger partial charge < -0.3 is 4.57 Å². The Balaban J connectivity index is 1.40. The van der Waals surface area contributed by atoms with Crippen molar-refractivity contribution in [3.8, 4) is 22.8 Å². The van der Waals surface area contributed by atoms with Crippen LogP contribution in [0.3, 0.4) is 0 Å². The lowest BCUT2D eigenvalue weighted by Crippen LogP contribution is -1.99. The Morgan fingerprint density at radius 2 is 1.14 bits per heavy atom. The molecule has 0 atom stereocenters. The van der Waals surface area contributed by atoms with Gasteiger partial charge in [0.1, 0.15) is 5.82 Å². The van der Waals surface area contributed by atoms with Crippen molar-refractivity contribution in [2.24, 2.45) is 0 Å². The van der Waals surface area contributed by atoms with Gasteiger partial charge in [0.25, 0.3) is 0 Å². The van der Waals surface area contributed by atoms with Crippen molar-refractivity contribution in [2.75, 3.05) is 0 Å². The third-order valence-electron chi connectivity index (χ3n) is 8.91. The molecule has 8 heterocycles. The molecule has 0 spiro atoms. The molecule has 0 saturated heterocycles. The fraction of sp³-hybridized carbons (Fsp3) is 0.105. The second kappa shape index (κ2) is 9.15. The van der Waals surface area contributed by atoms with E-state index in [1.165, 1.54) is 49.2 Å². The first kappa shape index (κ1) is 23.5. The molecule has 8 aromatic rings. The van der Waals surface area contributed by atoms with Gasteiger partial charge in [-0.15, -0.1) is 0 Å². The largest absolute Gasteiger partial charge is 0.309 e. The lowest BCUT2D eigenvalue weighted by atomic mass is 10.0. The van der Waals surface area contributed by atoms with Crippen molar-refractivity contribution in [1.29, 1.82) is 0 Å². The molecule has 12 rings (SSSR count). The van der Waals surface area contributed by atoms with Crippen LogP contribution in [0.5, 0.6) is 0 Å². The number of aryl methyl sites for hydroxylation is 2. The molecule has 4 aliphatic rings. The zero-order valence-corrected chi connectivity index (χ0v) is 23.2. The van der Waals surface area contributed by atoms with Crippen molar-refractivity contribution in [2.45, 2.75) is 25.7 Å². The molecule has 4 aliphatic heterocycles. The SMILES string of the molecule is c1cc2cc(c1)-n1c3ccccc3c3cc4c5ccccc5n(c4cc31)-c1ccc(cn1)CCCCc1ccc-2nc1. The van der Waals surface area contributed by atoms with Gasteiger partial charge in [-0.1, -0.05) is 60.7 Å². The molecule has 0 saturated carbocycles. The van der Waals surface area contributed by atoms with Gasteiger partial charge in [0.05, 0.1) is 27.8 Å². The van der Waals surface area contributed by atoms with Crippen LogP contribution in [0.25, 0.3) is 66.4 Å². The maximum Gasteiger partial charge on any atom is 0.137 e. The van der Waals surface area contributed by atoms with Crippen LogP contribution in [-0.4, -0.2) is 19.1 Å². The summed E-state index contributed by atoms with van der Waals surface area (Å²) in [6, 6.07) is 39.8. The van der Waals surface area contributed by atoms with E-state index < -0.39 is 0 Å². The van der Waals surface area contributed by atoms with Crippen LogP contribution in [0, 0.1) is 0 Å². The van der Waals surface area contributed by atoms with E-state index in [0.717, 1.165) is 54.0 Å². The molecule has 0 radical (unpaired) electrons. The standard InChI is InChI=1S/C38H28N4/c1-2-9-26-17-19-38(40-24-26)42-35-15-6-4-13-30(35)32-21-31-29-12-3-5-14-34(29)41(36(31)22-37(32)42)28-11-7-10-27(20-28)33-18-16-25(8-1)23-39-33/h3-7,10-24H,1-2,8-9H2. The minimum atomic E-state index is 0.953. The van der Waals surface area contributed by atoms with Gasteiger partial charge in [-0.2, -0.15) is 0 Å². The van der Waals surface area contributed by atoms with Crippen LogP contribution in [0.4, 0.5) is 0 Å². The highest BCUT2D eigenvalue weighted by atomic mass is 15.1. The van der Waals surface area contributed by atoms with E-state index in [1.54, 1.807) is 0 Å². The Morgan fingerprint density at radius 3 is 1.83 bits per heavy atom. The summed E-state index contributed by atoms with van der Waals surface area (Å²) in [6.07, 6.45) is 8.43. The van der Waals surface area contributed by atoms with E-state index >= 15 is 0 Å². The quantitative estimate of drug-likeness (QED) is 0.192. The van der Waals surface area contributed by atoms with E-state index in [4.69, 9.17) is 9.97 Å². The van der Waals surface area contributed by atoms with E-state index in [9.17, 15) is 0 Å². The molecule has 4 heteroatoms. The Morgan fingerprint density at radius 1 is 0.476 bits per heavy atom. The Bertz CT molecular complexity index is 2290. The van der Waals surface area contributed by atoms with Crippen LogP contribution in [0.1, 0.15) is 24.0 Å². The molecule has 0 fully saturated rings. The highest BCUT2D eigenvalue weighted by Crippen LogP contribution is 2.39. The van der Waals surface area contributed by atoms with Crippen molar-refractivity contribution >= 4 is 43.6 Å². The van der Waals surface area contributed by atoms with Crippen LogP contribution in [0.2, 0.25) is 0 Å². The molecular weight excluding hydrogens is 512 g/mol. The average Bonchev–Trinajstić information content (AvgIpc) is 3.54. The molecule has 0 aliphatic carbocycles. The lowest BCUT2D eigenvalue weighted by Gasteiger charge is -2.12. The number of fused-ring (bicyclic) bond motifs is 4. The van der Waals surface area contributed by atoms with Gasteiger partial charge in [0, 0.05) is 45.2 Å². The van der Waals surface area contributed by atoms with Crippen LogP contribution < -0.4 is 0 Å². The van der Waals surface area contributed by atoms with Gasteiger partial charge in [-0.25, -0.2) is 4.98 Å². The van der Waals surface area contributed by atoms with Crippen molar-refractivity contribution < 1.29 is 0 Å². The summed E-state index contributed by atoms with van der Waals surface area (Å²) >= 11 is 0. The third kappa shape index (κ3) is 3.55. The first-order valence-electron chi connectivity index (χ1n) is 14.8. The summed E-state index contributed by atoms with van der Waals surface area (Å²) in [5.74, 6) is 0.953. The second-order valence-corrected chi connectivity index (χ2v) is 11.4. The number of hydrogen-bond donors (Lipinski definition) is 0. The van der Waals surface area contributed by atoms with Gasteiger partial charge in [0.15, 0.2) is 0 Å². The maximum absolute atomic E-state index is 5.01. The molecule has 0 N–H and O–H groups in total. The molecule has 4 aromatic heterocycles. The molecule has 0 unspecified atom stereocenters. The second-order valence-electron chi connectivity index (χ2n) is 11.4. The fourth-order valence-corrected chi connectivity index (χ4v) is 6.86. The highest BCUT2D eigenvalue weighted by molar-refractivity contribution is 6.19. The molecular formula is C38H28N4. The van der Waals surface area contributed by atoms with Crippen LogP contribution in [0.15, 0.2) is 122 Å². The normalized spacial score (nSPS) is 13.3. The molecule has 4 nitrogen and oxygen atoms in total. The first-order valence-corrected chi connectivity index (χ1v) is 14.8. The predicted octanol–water partition coefficient (Wildman–Crippen LogP) is 9.22. The fourth-order valence-electron chi connectivity index (χ4n) is 6.86. The summed E-state index contributed by atoms with van der Waals surface area (Å²) in [7, 11) is 0. The maximum atomic E-state index is 5.01. The molecule has 8 bridgehead atoms. The highest BCUT2D eigenvalue weighted by Gasteiger charge is 2.19. The summed E-state index contributed by atoms with van der Waals surface area (Å²) in [6.45, 7) is 0. The minimum absolute atomic E-state index is 0.953. The van der Waals surface area contributed by atoms with E-state index in [-0.39, 0.29) is 0 Å². The van der Waals surface area contributed by atoms with E-state index in [2.05, 4.69) is 125 Å². The van der Waals surface area contributed by atoms with Gasteiger partial charge >= 0.3 is 0 Å². The number of rotatable bonds is 0. The predicted molar refractivity (Wildman–Crippen MR) is 173 cm³/mol. The molecule has 42 heavy (non-hydrogen) atoms. The minimum Gasteiger partial charge on any atom is -0.309 e. The Hall–Kier alpha value is -5.22. The van der Waals surface area contributed by atoms with Gasteiger partial charge in [-0.05, 0) is 85.3 Å². The number of benzene rings is 4. The Kier molecular flexibility index (Phi) is 5.12. The zero-order chi connectivity index (χ0) is 27.6. The Labute approximate surface area is 243 Å². The number of nitrogens with zero attached hydrogens (tertiary/aromatic N) is 4. The molecule has 4 aromatic carbocycles. The smallest absolute Gasteiger partial charge is 0.137 e. The summed E-state index contributed by atoms with van der Waals surface area (Å²) in [4.78, 5) is 9.90. The lowest BCUT2D eigenvalue weighted by molar-refractivity contribution is 0.731. The summed E-state index contributed by atoms with van der Waals surface area (Å²) in [5.41, 5.74) is 10.5. The van der Waals surface area contributed by atoms with Crippen molar-refractivity contribution in [3.05, 3.63) is 133 Å². The van der Waals surface area contributed by atoms with E-state index in [1.807, 2.05) is 6.20 Å². The van der Waals surface area contributed by atoms with Gasteiger partial charge in [0.2, 0.25) is 0 Å². The summed E-state index contributed by atoms with van der Waals surface area (Å²) < 4.78 is 4.73. The molecule has 0 amide bonds. The van der Waals surface area contributed by atoms with Crippen LogP contribution in [-0.2, 0) is 12.8 Å². The zero-order valence-electron chi connectivity index (χ0n) is 23.2. The summed E-state index contributed by atoms with van der Waals surface area (Å²) in [5, 5.41) is 4.98. The first-order chi connectivity index (χ1) is 20.8. The topological polar surface area (TPSA) is 35.6 Å². The monoisotopic (exact) mass is 540 g/mol. The number of pyridine rings is 2. The average molecular weight is 541 g/mol. The molecule has 200 valence electrons. The third-order valence-corrected chi connectivity index (χ3v) is 8.91. The van der Waals surface area contributed by atoms with Crippen molar-refractivity contribution in [1.82, 2.24) is 19.1 Å². The number of aromatic nitrogens is 4.